The Morgan fingerprint density at radius 1 is 1.38 bits per heavy atom. The van der Waals surface area contributed by atoms with Crippen LogP contribution < -0.4 is 5.32 Å². The first kappa shape index (κ1) is 10.7. The van der Waals surface area contributed by atoms with Gasteiger partial charge < -0.3 is 5.11 Å². The zero-order chi connectivity index (χ0) is 11.5. The van der Waals surface area contributed by atoms with E-state index in [4.69, 9.17) is 0 Å². The molecule has 0 bridgehead atoms. The molecule has 1 atom stereocenters. The molecule has 1 aromatic rings. The Morgan fingerprint density at radius 2 is 2.19 bits per heavy atom. The monoisotopic (exact) mass is 219 g/mol. The van der Waals surface area contributed by atoms with Crippen LogP contribution in [0.3, 0.4) is 0 Å². The number of benzene rings is 1. The lowest BCUT2D eigenvalue weighted by Crippen LogP contribution is -2.41. The second-order valence-corrected chi connectivity index (χ2v) is 4.02. The number of phenolic OH excluding ortho intramolecular Hbond substituents is 1. The highest BCUT2D eigenvalue weighted by Gasteiger charge is 2.26. The number of aromatic hydroxyl groups is 1. The maximum atomic E-state index is 11.5. The lowest BCUT2D eigenvalue weighted by atomic mass is 9.91. The molecule has 1 fully saturated rings. The van der Waals surface area contributed by atoms with Gasteiger partial charge in [0.25, 0.3) is 0 Å². The van der Waals surface area contributed by atoms with Crippen LogP contribution in [0.2, 0.25) is 0 Å². The van der Waals surface area contributed by atoms with Crippen molar-refractivity contribution in [3.63, 3.8) is 0 Å². The molecular formula is C12H13NO3. The lowest BCUT2D eigenvalue weighted by Gasteiger charge is -2.20. The van der Waals surface area contributed by atoms with Crippen LogP contribution in [0.1, 0.15) is 18.4 Å². The molecule has 1 saturated heterocycles. The van der Waals surface area contributed by atoms with Crippen LogP contribution in [0.25, 0.3) is 0 Å². The first-order chi connectivity index (χ1) is 7.65. The van der Waals surface area contributed by atoms with Crippen molar-refractivity contribution in [2.45, 2.75) is 19.3 Å². The average Bonchev–Trinajstić information content (AvgIpc) is 2.22. The summed E-state index contributed by atoms with van der Waals surface area (Å²) in [7, 11) is 0. The second kappa shape index (κ2) is 4.35. The van der Waals surface area contributed by atoms with Gasteiger partial charge in [-0.2, -0.15) is 0 Å². The standard InChI is InChI=1S/C12H13NO3/c14-10-3-1-2-8(7-10)6-9-4-5-11(15)13-12(9)16/h1-3,7,9,14H,4-6H2,(H,13,15,16). The van der Waals surface area contributed by atoms with Crippen molar-refractivity contribution in [3.05, 3.63) is 29.8 Å². The Kier molecular flexibility index (Phi) is 2.90. The van der Waals surface area contributed by atoms with Crippen molar-refractivity contribution in [3.8, 4) is 5.75 Å². The van der Waals surface area contributed by atoms with E-state index in [2.05, 4.69) is 5.32 Å². The van der Waals surface area contributed by atoms with Crippen LogP contribution in [0.15, 0.2) is 24.3 Å². The molecule has 1 heterocycles. The van der Waals surface area contributed by atoms with Crippen molar-refractivity contribution in [1.29, 1.82) is 0 Å². The molecule has 0 saturated carbocycles. The van der Waals surface area contributed by atoms with Crippen LogP contribution >= 0.6 is 0 Å². The number of amides is 2. The summed E-state index contributed by atoms with van der Waals surface area (Å²) < 4.78 is 0. The van der Waals surface area contributed by atoms with E-state index in [0.717, 1.165) is 5.56 Å². The predicted octanol–water partition coefficient (Wildman–Crippen LogP) is 0.987. The van der Waals surface area contributed by atoms with E-state index >= 15 is 0 Å². The number of rotatable bonds is 2. The van der Waals surface area contributed by atoms with E-state index in [0.29, 0.717) is 19.3 Å². The summed E-state index contributed by atoms with van der Waals surface area (Å²) in [5.74, 6) is -0.374. The van der Waals surface area contributed by atoms with Gasteiger partial charge >= 0.3 is 0 Å². The summed E-state index contributed by atoms with van der Waals surface area (Å²) in [5, 5.41) is 11.6. The molecule has 1 aliphatic heterocycles. The van der Waals surface area contributed by atoms with E-state index in [9.17, 15) is 14.7 Å². The van der Waals surface area contributed by atoms with Crippen molar-refractivity contribution >= 4 is 11.8 Å². The van der Waals surface area contributed by atoms with Gasteiger partial charge in [0, 0.05) is 12.3 Å². The van der Waals surface area contributed by atoms with E-state index < -0.39 is 0 Å². The molecule has 0 radical (unpaired) electrons. The van der Waals surface area contributed by atoms with E-state index in [1.807, 2.05) is 6.07 Å². The molecule has 0 aromatic heterocycles. The maximum Gasteiger partial charge on any atom is 0.230 e. The smallest absolute Gasteiger partial charge is 0.230 e. The molecular weight excluding hydrogens is 206 g/mol. The average molecular weight is 219 g/mol. The Balaban J connectivity index is 2.05. The normalized spacial score (nSPS) is 20.6. The first-order valence-corrected chi connectivity index (χ1v) is 5.27. The predicted molar refractivity (Wildman–Crippen MR) is 57.7 cm³/mol. The van der Waals surface area contributed by atoms with Gasteiger partial charge in [0.05, 0.1) is 0 Å². The molecule has 1 unspecified atom stereocenters. The molecule has 0 aliphatic carbocycles. The van der Waals surface area contributed by atoms with Gasteiger partial charge in [-0.1, -0.05) is 12.1 Å². The Hall–Kier alpha value is -1.84. The minimum atomic E-state index is -0.209. The summed E-state index contributed by atoms with van der Waals surface area (Å²) in [4.78, 5) is 22.5. The lowest BCUT2D eigenvalue weighted by molar-refractivity contribution is -0.136. The van der Waals surface area contributed by atoms with Crippen molar-refractivity contribution in [2.75, 3.05) is 0 Å². The molecule has 2 rings (SSSR count). The topological polar surface area (TPSA) is 66.4 Å². The number of nitrogens with one attached hydrogen (secondary N) is 1. The highest BCUT2D eigenvalue weighted by molar-refractivity contribution is 5.98. The molecule has 16 heavy (non-hydrogen) atoms. The fourth-order valence-corrected chi connectivity index (χ4v) is 1.90. The third-order valence-corrected chi connectivity index (χ3v) is 2.75. The van der Waals surface area contributed by atoms with Gasteiger partial charge in [0.2, 0.25) is 11.8 Å². The molecule has 0 spiro atoms. The summed E-state index contributed by atoms with van der Waals surface area (Å²) in [5.41, 5.74) is 0.912. The van der Waals surface area contributed by atoms with Gasteiger partial charge in [-0.3, -0.25) is 14.9 Å². The number of imide groups is 1. The highest BCUT2D eigenvalue weighted by atomic mass is 16.3. The van der Waals surface area contributed by atoms with Crippen LogP contribution in [0.5, 0.6) is 5.75 Å². The summed E-state index contributed by atoms with van der Waals surface area (Å²) in [6.07, 6.45) is 1.54. The fraction of sp³-hybridized carbons (Fsp3) is 0.333. The Labute approximate surface area is 93.3 Å². The zero-order valence-electron chi connectivity index (χ0n) is 8.77. The summed E-state index contributed by atoms with van der Waals surface area (Å²) in [6, 6.07) is 6.84. The Morgan fingerprint density at radius 3 is 2.88 bits per heavy atom. The van der Waals surface area contributed by atoms with Crippen molar-refractivity contribution in [2.24, 2.45) is 5.92 Å². The summed E-state index contributed by atoms with van der Waals surface area (Å²) in [6.45, 7) is 0. The number of phenols is 1. The minimum absolute atomic E-state index is 0.167. The number of piperidine rings is 1. The van der Waals surface area contributed by atoms with Gasteiger partial charge in [0.1, 0.15) is 5.75 Å². The zero-order valence-corrected chi connectivity index (χ0v) is 8.77. The van der Waals surface area contributed by atoms with Gasteiger partial charge in [0.15, 0.2) is 0 Å². The molecule has 1 aliphatic rings. The van der Waals surface area contributed by atoms with Crippen LogP contribution in [0.4, 0.5) is 0 Å². The summed E-state index contributed by atoms with van der Waals surface area (Å²) >= 11 is 0. The van der Waals surface area contributed by atoms with Gasteiger partial charge in [-0.25, -0.2) is 0 Å². The van der Waals surface area contributed by atoms with E-state index in [1.54, 1.807) is 18.2 Å². The molecule has 2 N–H and O–H groups in total. The number of carbonyl (C=O) groups excluding carboxylic acids is 2. The first-order valence-electron chi connectivity index (χ1n) is 5.27. The number of hydrogen-bond donors (Lipinski definition) is 2. The molecule has 4 heteroatoms. The largest absolute Gasteiger partial charge is 0.508 e. The molecule has 2 amide bonds. The SMILES string of the molecule is O=C1CCC(Cc2cccc(O)c2)C(=O)N1. The molecule has 84 valence electrons. The van der Waals surface area contributed by atoms with Gasteiger partial charge in [-0.15, -0.1) is 0 Å². The third-order valence-electron chi connectivity index (χ3n) is 2.75. The fourth-order valence-electron chi connectivity index (χ4n) is 1.90. The van der Waals surface area contributed by atoms with Crippen LogP contribution in [-0.2, 0) is 16.0 Å². The van der Waals surface area contributed by atoms with Gasteiger partial charge in [-0.05, 0) is 30.5 Å². The van der Waals surface area contributed by atoms with Crippen molar-refractivity contribution in [1.82, 2.24) is 5.32 Å². The highest BCUT2D eigenvalue weighted by Crippen LogP contribution is 2.20. The number of carbonyl (C=O) groups is 2. The van der Waals surface area contributed by atoms with Crippen LogP contribution in [-0.4, -0.2) is 16.9 Å². The van der Waals surface area contributed by atoms with E-state index in [-0.39, 0.29) is 23.5 Å². The Bertz CT molecular complexity index is 428. The molecule has 1 aromatic carbocycles. The van der Waals surface area contributed by atoms with E-state index in [1.165, 1.54) is 0 Å². The van der Waals surface area contributed by atoms with Crippen LogP contribution in [0, 0.1) is 5.92 Å². The second-order valence-electron chi connectivity index (χ2n) is 4.02. The minimum Gasteiger partial charge on any atom is -0.508 e. The van der Waals surface area contributed by atoms with Crippen molar-refractivity contribution < 1.29 is 14.7 Å². The quantitative estimate of drug-likeness (QED) is 0.729. The third kappa shape index (κ3) is 2.39. The number of hydrogen-bond acceptors (Lipinski definition) is 3. The maximum absolute atomic E-state index is 11.5. The molecule has 4 nitrogen and oxygen atoms in total.